The maximum atomic E-state index is 10.7. The molecule has 0 saturated heterocycles. The highest BCUT2D eigenvalue weighted by atomic mass is 35.5. The van der Waals surface area contributed by atoms with Gasteiger partial charge in [-0.15, -0.1) is 0 Å². The number of ether oxygens (including phenoxy) is 2. The standard InChI is InChI=1S/C6H4Cl2O5/c7-3-4(8)6(13-5(3)11)12-1-2(9)10/h6H,1H2,(H,9,10). The third-order valence-corrected chi connectivity index (χ3v) is 1.99. The van der Waals surface area contributed by atoms with Gasteiger partial charge in [0, 0.05) is 0 Å². The number of halogens is 2. The molecule has 0 saturated carbocycles. The van der Waals surface area contributed by atoms with Crippen LogP contribution in [0, 0.1) is 0 Å². The van der Waals surface area contributed by atoms with Crippen molar-refractivity contribution in [2.75, 3.05) is 6.61 Å². The second-order valence-corrected chi connectivity index (χ2v) is 2.89. The first-order chi connectivity index (χ1) is 6.02. The molecular weight excluding hydrogens is 223 g/mol. The summed E-state index contributed by atoms with van der Waals surface area (Å²) in [6.07, 6.45) is -1.20. The molecule has 1 heterocycles. The van der Waals surface area contributed by atoms with Gasteiger partial charge in [-0.1, -0.05) is 23.2 Å². The van der Waals surface area contributed by atoms with Crippen molar-refractivity contribution in [2.24, 2.45) is 0 Å². The zero-order valence-corrected chi connectivity index (χ0v) is 7.63. The Labute approximate surface area is 82.8 Å². The van der Waals surface area contributed by atoms with Crippen LogP contribution in [0.25, 0.3) is 0 Å². The average Bonchev–Trinajstić information content (AvgIpc) is 2.29. The average molecular weight is 227 g/mol. The first-order valence-corrected chi connectivity index (χ1v) is 3.87. The van der Waals surface area contributed by atoms with Crippen molar-refractivity contribution in [3.05, 3.63) is 10.1 Å². The summed E-state index contributed by atoms with van der Waals surface area (Å²) >= 11 is 10.9. The van der Waals surface area contributed by atoms with Crippen LogP contribution in [0.4, 0.5) is 0 Å². The predicted octanol–water partition coefficient (Wildman–Crippen LogP) is 0.660. The van der Waals surface area contributed by atoms with Gasteiger partial charge < -0.3 is 14.6 Å². The molecule has 7 heteroatoms. The monoisotopic (exact) mass is 226 g/mol. The number of aliphatic carboxylic acids is 1. The zero-order chi connectivity index (χ0) is 10.0. The van der Waals surface area contributed by atoms with Gasteiger partial charge in [0.2, 0.25) is 6.29 Å². The van der Waals surface area contributed by atoms with Gasteiger partial charge in [0.1, 0.15) is 16.7 Å². The number of carboxylic acid groups (broad SMARTS) is 1. The smallest absolute Gasteiger partial charge is 0.353 e. The van der Waals surface area contributed by atoms with E-state index >= 15 is 0 Å². The van der Waals surface area contributed by atoms with Crippen molar-refractivity contribution in [1.29, 1.82) is 0 Å². The van der Waals surface area contributed by atoms with Gasteiger partial charge in [0.05, 0.1) is 0 Å². The molecule has 0 spiro atoms. The van der Waals surface area contributed by atoms with Crippen LogP contribution in [-0.2, 0) is 19.1 Å². The largest absolute Gasteiger partial charge is 0.480 e. The summed E-state index contributed by atoms with van der Waals surface area (Å²) in [5.41, 5.74) is 0. The fourth-order valence-electron chi connectivity index (χ4n) is 0.656. The minimum Gasteiger partial charge on any atom is -0.480 e. The van der Waals surface area contributed by atoms with Crippen LogP contribution >= 0.6 is 23.2 Å². The van der Waals surface area contributed by atoms with E-state index in [0.29, 0.717) is 0 Å². The number of rotatable bonds is 3. The van der Waals surface area contributed by atoms with E-state index in [1.165, 1.54) is 0 Å². The van der Waals surface area contributed by atoms with E-state index in [0.717, 1.165) is 0 Å². The molecule has 1 rings (SSSR count). The molecular formula is C6H4Cl2O5. The maximum absolute atomic E-state index is 10.7. The number of cyclic esters (lactones) is 1. The molecule has 0 aromatic carbocycles. The molecule has 5 nitrogen and oxygen atoms in total. The van der Waals surface area contributed by atoms with Crippen molar-refractivity contribution < 1.29 is 24.2 Å². The number of hydrogen-bond donors (Lipinski definition) is 1. The molecule has 1 unspecified atom stereocenters. The molecule has 0 amide bonds. The number of carbonyl (C=O) groups is 2. The second kappa shape index (κ2) is 3.95. The Morgan fingerprint density at radius 2 is 2.23 bits per heavy atom. The minimum absolute atomic E-state index is 0.132. The molecule has 13 heavy (non-hydrogen) atoms. The Morgan fingerprint density at radius 1 is 1.62 bits per heavy atom. The van der Waals surface area contributed by atoms with Crippen LogP contribution < -0.4 is 0 Å². The fourth-order valence-corrected chi connectivity index (χ4v) is 0.974. The molecule has 0 fully saturated rings. The van der Waals surface area contributed by atoms with Crippen molar-refractivity contribution in [3.8, 4) is 0 Å². The third kappa shape index (κ3) is 2.33. The molecule has 0 radical (unpaired) electrons. The lowest BCUT2D eigenvalue weighted by Gasteiger charge is -2.08. The van der Waals surface area contributed by atoms with E-state index in [1.54, 1.807) is 0 Å². The Kier molecular flexibility index (Phi) is 3.13. The lowest BCUT2D eigenvalue weighted by molar-refractivity contribution is -0.167. The lowest BCUT2D eigenvalue weighted by atomic mass is 10.5. The summed E-state index contributed by atoms with van der Waals surface area (Å²) in [6.45, 7) is -0.613. The SMILES string of the molecule is O=C(O)COC1OC(=O)C(Cl)=C1Cl. The number of hydrogen-bond acceptors (Lipinski definition) is 4. The fraction of sp³-hybridized carbons (Fsp3) is 0.333. The van der Waals surface area contributed by atoms with Crippen LogP contribution in [0.3, 0.4) is 0 Å². The van der Waals surface area contributed by atoms with E-state index in [1.807, 2.05) is 0 Å². The molecule has 1 aliphatic heterocycles. The molecule has 1 aliphatic rings. The number of carboxylic acids is 1. The van der Waals surface area contributed by atoms with Gasteiger partial charge in [0.25, 0.3) is 0 Å². The van der Waals surface area contributed by atoms with E-state index in [4.69, 9.17) is 28.3 Å². The van der Waals surface area contributed by atoms with E-state index in [2.05, 4.69) is 9.47 Å². The first kappa shape index (κ1) is 10.3. The van der Waals surface area contributed by atoms with Gasteiger partial charge in [-0.2, -0.15) is 0 Å². The van der Waals surface area contributed by atoms with Crippen LogP contribution in [-0.4, -0.2) is 29.9 Å². The minimum atomic E-state index is -1.20. The maximum Gasteiger partial charge on any atom is 0.353 e. The van der Waals surface area contributed by atoms with Gasteiger partial charge in [0.15, 0.2) is 0 Å². The second-order valence-electron chi connectivity index (χ2n) is 2.10. The molecule has 0 aromatic rings. The van der Waals surface area contributed by atoms with Gasteiger partial charge in [-0.3, -0.25) is 0 Å². The zero-order valence-electron chi connectivity index (χ0n) is 6.12. The summed E-state index contributed by atoms with van der Waals surface area (Å²) in [5, 5.41) is 7.82. The highest BCUT2D eigenvalue weighted by molar-refractivity contribution is 6.48. The topological polar surface area (TPSA) is 72.8 Å². The lowest BCUT2D eigenvalue weighted by Crippen LogP contribution is -2.19. The summed E-state index contributed by atoms with van der Waals surface area (Å²) < 4.78 is 9.07. The number of esters is 1. The molecule has 0 aromatic heterocycles. The Bertz CT molecular complexity index is 285. The summed E-state index contributed by atoms with van der Waals surface area (Å²) in [7, 11) is 0. The first-order valence-electron chi connectivity index (χ1n) is 3.12. The van der Waals surface area contributed by atoms with Crippen LogP contribution in [0.2, 0.25) is 0 Å². The quantitative estimate of drug-likeness (QED) is 0.717. The Morgan fingerprint density at radius 3 is 2.62 bits per heavy atom. The van der Waals surface area contributed by atoms with Crippen molar-refractivity contribution in [2.45, 2.75) is 6.29 Å². The Balaban J connectivity index is 2.56. The molecule has 0 bridgehead atoms. The molecule has 1 atom stereocenters. The van der Waals surface area contributed by atoms with Gasteiger partial charge in [-0.05, 0) is 0 Å². The number of carbonyl (C=O) groups excluding carboxylic acids is 1. The summed E-state index contributed by atoms with van der Waals surface area (Å²) in [5.74, 6) is -2.01. The molecule has 1 N–H and O–H groups in total. The van der Waals surface area contributed by atoms with Crippen molar-refractivity contribution in [1.82, 2.24) is 0 Å². The Hall–Kier alpha value is -0.780. The third-order valence-electron chi connectivity index (χ3n) is 1.17. The highest BCUT2D eigenvalue weighted by Crippen LogP contribution is 2.28. The van der Waals surface area contributed by atoms with E-state index < -0.39 is 24.8 Å². The van der Waals surface area contributed by atoms with E-state index in [9.17, 15) is 9.59 Å². The molecule has 72 valence electrons. The van der Waals surface area contributed by atoms with Crippen LogP contribution in [0.15, 0.2) is 10.1 Å². The summed E-state index contributed by atoms with van der Waals surface area (Å²) in [4.78, 5) is 20.8. The van der Waals surface area contributed by atoms with Gasteiger partial charge in [-0.25, -0.2) is 9.59 Å². The highest BCUT2D eigenvalue weighted by Gasteiger charge is 2.33. The van der Waals surface area contributed by atoms with Crippen LogP contribution in [0.1, 0.15) is 0 Å². The predicted molar refractivity (Wildman–Crippen MR) is 42.2 cm³/mol. The summed E-state index contributed by atoms with van der Waals surface area (Å²) in [6, 6.07) is 0. The normalized spacial score (nSPS) is 22.0. The van der Waals surface area contributed by atoms with Crippen molar-refractivity contribution >= 4 is 35.1 Å². The van der Waals surface area contributed by atoms with Gasteiger partial charge >= 0.3 is 11.9 Å². The van der Waals surface area contributed by atoms with Crippen LogP contribution in [0.5, 0.6) is 0 Å². The molecule has 0 aliphatic carbocycles. The van der Waals surface area contributed by atoms with Crippen molar-refractivity contribution in [3.63, 3.8) is 0 Å². The van der Waals surface area contributed by atoms with E-state index in [-0.39, 0.29) is 10.1 Å².